The molecule has 0 spiro atoms. The van der Waals surface area contributed by atoms with Gasteiger partial charge in [-0.2, -0.15) is 0 Å². The maximum absolute atomic E-state index is 13.6. The highest BCUT2D eigenvalue weighted by atomic mass is 35.6. The third-order valence-corrected chi connectivity index (χ3v) is 8.70. The topological polar surface area (TPSA) is 197 Å². The first kappa shape index (κ1) is 40.0. The number of para-hydroxylation sites is 1. The van der Waals surface area contributed by atoms with Crippen molar-refractivity contribution in [3.8, 4) is 0 Å². The van der Waals surface area contributed by atoms with E-state index in [4.69, 9.17) is 44.3 Å². The molecule has 5 amide bonds. The number of hydrogen-bond donors (Lipinski definition) is 6. The molecule has 0 saturated heterocycles. The van der Waals surface area contributed by atoms with Crippen molar-refractivity contribution >= 4 is 93.2 Å². The minimum atomic E-state index is -1.91. The Labute approximate surface area is 303 Å². The van der Waals surface area contributed by atoms with E-state index in [0.717, 1.165) is 0 Å². The number of rotatable bonds is 5. The number of carbonyl (C=O) groups is 6. The second-order valence-electron chi connectivity index (χ2n) is 12.4. The van der Waals surface area contributed by atoms with E-state index in [1.54, 1.807) is 39.8 Å². The number of carbonyl (C=O) groups excluding carboxylic acids is 6. The van der Waals surface area contributed by atoms with E-state index in [2.05, 4.69) is 31.6 Å². The number of H-pyrrole nitrogens is 1. The Kier molecular flexibility index (Phi) is 14.3. The molecule has 0 unspecified atom stereocenters. The molecule has 0 fully saturated rings. The van der Waals surface area contributed by atoms with Crippen LogP contribution in [0.25, 0.3) is 10.9 Å². The van der Waals surface area contributed by atoms with Crippen LogP contribution in [0.15, 0.2) is 29.3 Å². The summed E-state index contributed by atoms with van der Waals surface area (Å²) in [6, 6.07) is 3.72. The maximum atomic E-state index is 13.6. The normalized spacial score (nSPS) is 21.1. The van der Waals surface area contributed by atoms with Gasteiger partial charge in [0.1, 0.15) is 30.3 Å². The lowest BCUT2D eigenvalue weighted by Gasteiger charge is -2.26. The molecule has 1 aliphatic rings. The van der Waals surface area contributed by atoms with Gasteiger partial charge in [0.2, 0.25) is 27.4 Å². The van der Waals surface area contributed by atoms with Crippen LogP contribution in [0.5, 0.6) is 0 Å². The van der Waals surface area contributed by atoms with Crippen molar-refractivity contribution in [3.05, 3.63) is 29.8 Å². The first-order chi connectivity index (χ1) is 22.9. The molecule has 0 radical (unpaired) electrons. The Balaban J connectivity index is 2.04. The monoisotopic (exact) mass is 762 g/mol. The number of hydrogen-bond acceptors (Lipinski definition) is 9. The SMILES string of the molecule is CC[C@H](C)[C@@H]1NC(=O)CNC(=O)[C@@H](NC(=O)OCC(Cl)(Cl)Cl)Cc2c([nH]c3ccccc23)SC[C@@H](C(=O)OC(C)(C)C)NC(=O)CNC1=O. The van der Waals surface area contributed by atoms with Gasteiger partial charge in [0.15, 0.2) is 0 Å². The van der Waals surface area contributed by atoms with E-state index in [-0.39, 0.29) is 18.1 Å². The van der Waals surface area contributed by atoms with Crippen LogP contribution in [0.2, 0.25) is 0 Å². The summed E-state index contributed by atoms with van der Waals surface area (Å²) >= 11 is 18.3. The predicted octanol–water partition coefficient (Wildman–Crippen LogP) is 2.87. The predicted molar refractivity (Wildman–Crippen MR) is 186 cm³/mol. The van der Waals surface area contributed by atoms with Crippen molar-refractivity contribution in [2.24, 2.45) is 5.92 Å². The maximum Gasteiger partial charge on any atom is 0.407 e. The van der Waals surface area contributed by atoms with Gasteiger partial charge in [-0.05, 0) is 38.3 Å². The number of halogens is 3. The van der Waals surface area contributed by atoms with Gasteiger partial charge in [-0.15, -0.1) is 11.8 Å². The largest absolute Gasteiger partial charge is 0.458 e. The van der Waals surface area contributed by atoms with Crippen molar-refractivity contribution in [2.45, 2.75) is 80.0 Å². The molecule has 18 heteroatoms. The van der Waals surface area contributed by atoms with Crippen LogP contribution in [0.1, 0.15) is 46.6 Å². The summed E-state index contributed by atoms with van der Waals surface area (Å²) in [5, 5.41) is 14.0. The van der Waals surface area contributed by atoms with Gasteiger partial charge < -0.3 is 41.0 Å². The van der Waals surface area contributed by atoms with Crippen LogP contribution in [-0.2, 0) is 39.9 Å². The minimum absolute atomic E-state index is 0.00441. The average molecular weight is 764 g/mol. The number of alkyl carbamates (subject to hydrolysis) is 1. The van der Waals surface area contributed by atoms with Crippen molar-refractivity contribution in [1.82, 2.24) is 31.6 Å². The van der Waals surface area contributed by atoms with Gasteiger partial charge in [0, 0.05) is 23.1 Å². The smallest absolute Gasteiger partial charge is 0.407 e. The average Bonchev–Trinajstić information content (AvgIpc) is 3.36. The first-order valence-electron chi connectivity index (χ1n) is 15.5. The van der Waals surface area contributed by atoms with Gasteiger partial charge in [-0.3, -0.25) is 19.2 Å². The zero-order valence-corrected chi connectivity index (χ0v) is 30.8. The van der Waals surface area contributed by atoms with E-state index in [1.807, 2.05) is 19.1 Å². The van der Waals surface area contributed by atoms with Crippen LogP contribution >= 0.6 is 46.6 Å². The van der Waals surface area contributed by atoms with Gasteiger partial charge >= 0.3 is 12.1 Å². The zero-order valence-electron chi connectivity index (χ0n) is 27.7. The lowest BCUT2D eigenvalue weighted by Crippen LogP contribution is -2.55. The number of aromatic nitrogens is 1. The van der Waals surface area contributed by atoms with E-state index in [1.165, 1.54) is 11.8 Å². The number of aromatic amines is 1. The number of thioether (sulfide) groups is 1. The highest BCUT2D eigenvalue weighted by Crippen LogP contribution is 2.32. The molecule has 3 rings (SSSR count). The summed E-state index contributed by atoms with van der Waals surface area (Å²) in [5.74, 6) is -3.77. The molecule has 14 nitrogen and oxygen atoms in total. The Morgan fingerprint density at radius 1 is 1.00 bits per heavy atom. The van der Waals surface area contributed by atoms with Crippen molar-refractivity contribution < 1.29 is 38.2 Å². The minimum Gasteiger partial charge on any atom is -0.458 e. The summed E-state index contributed by atoms with van der Waals surface area (Å²) in [6.07, 6.45) is -0.665. The molecule has 2 heterocycles. The molecule has 49 heavy (non-hydrogen) atoms. The number of benzene rings is 1. The summed E-state index contributed by atoms with van der Waals surface area (Å²) < 4.78 is 8.67. The Morgan fingerprint density at radius 3 is 2.27 bits per heavy atom. The number of amides is 5. The Bertz CT molecular complexity index is 1540. The molecule has 2 aromatic rings. The molecule has 1 aromatic heterocycles. The van der Waals surface area contributed by atoms with Crippen LogP contribution in [0.4, 0.5) is 4.79 Å². The molecule has 270 valence electrons. The summed E-state index contributed by atoms with van der Waals surface area (Å²) in [4.78, 5) is 81.9. The summed E-state index contributed by atoms with van der Waals surface area (Å²) in [6.45, 7) is 7.03. The quantitative estimate of drug-likeness (QED) is 0.196. The summed E-state index contributed by atoms with van der Waals surface area (Å²) in [5.41, 5.74) is 0.420. The molecule has 6 N–H and O–H groups in total. The molecule has 0 saturated carbocycles. The van der Waals surface area contributed by atoms with Crippen LogP contribution in [0.3, 0.4) is 0 Å². The van der Waals surface area contributed by atoms with Gasteiger partial charge in [-0.1, -0.05) is 73.3 Å². The zero-order chi connectivity index (χ0) is 36.5. The molecule has 0 aliphatic carbocycles. The molecular formula is C31H41Cl3N6O8S. The number of nitrogens with one attached hydrogen (secondary N) is 6. The highest BCUT2D eigenvalue weighted by molar-refractivity contribution is 7.99. The second-order valence-corrected chi connectivity index (χ2v) is 15.9. The second kappa shape index (κ2) is 17.5. The van der Waals surface area contributed by atoms with Crippen LogP contribution in [-0.4, -0.2) is 93.6 Å². The third-order valence-electron chi connectivity index (χ3n) is 7.24. The Morgan fingerprint density at radius 2 is 1.63 bits per heavy atom. The fourth-order valence-corrected chi connectivity index (χ4v) is 5.96. The van der Waals surface area contributed by atoms with Gasteiger partial charge in [0.25, 0.3) is 0 Å². The lowest BCUT2D eigenvalue weighted by molar-refractivity contribution is -0.157. The van der Waals surface area contributed by atoms with Crippen molar-refractivity contribution in [3.63, 3.8) is 0 Å². The van der Waals surface area contributed by atoms with E-state index < -0.39 is 82.9 Å². The standard InChI is InChI=1S/C31H41Cl3N6O8S/c1-6-16(2)24-26(44)36-12-22(41)37-21(28(45)48-30(3,4)5)14-49-27-18(17-9-7-8-10-19(17)38-27)11-20(25(43)35-13-23(42)40-24)39-29(46)47-15-31(32,33)34/h7-10,16,20-21,24,38H,6,11-15H2,1-5H3,(H,35,43)(H,36,44)(H,37,41)(H,39,46)(H,40,42)/t16-,20-,21-,24-/m0/s1. The molecule has 0 bridgehead atoms. The number of alkyl halides is 3. The molecular weight excluding hydrogens is 723 g/mol. The van der Waals surface area contributed by atoms with E-state index >= 15 is 0 Å². The van der Waals surface area contributed by atoms with Crippen molar-refractivity contribution in [2.75, 3.05) is 25.4 Å². The third kappa shape index (κ3) is 12.8. The van der Waals surface area contributed by atoms with E-state index in [0.29, 0.717) is 27.9 Å². The van der Waals surface area contributed by atoms with Crippen LogP contribution in [0, 0.1) is 5.92 Å². The van der Waals surface area contributed by atoms with E-state index in [9.17, 15) is 28.8 Å². The number of esters is 1. The van der Waals surface area contributed by atoms with Crippen molar-refractivity contribution in [1.29, 1.82) is 0 Å². The molecule has 1 aromatic carbocycles. The highest BCUT2D eigenvalue weighted by Gasteiger charge is 2.32. The van der Waals surface area contributed by atoms with Gasteiger partial charge in [0.05, 0.1) is 18.1 Å². The summed E-state index contributed by atoms with van der Waals surface area (Å²) in [7, 11) is 0. The fourth-order valence-electron chi connectivity index (χ4n) is 4.69. The molecule has 4 atom stereocenters. The van der Waals surface area contributed by atoms with Gasteiger partial charge in [-0.25, -0.2) is 9.59 Å². The molecule has 1 aliphatic heterocycles. The first-order valence-corrected chi connectivity index (χ1v) is 17.6. The van der Waals surface area contributed by atoms with Crippen LogP contribution < -0.4 is 26.6 Å². The Hall–Kier alpha value is -3.40. The fraction of sp³-hybridized carbons (Fsp3) is 0.548. The number of fused-ring (bicyclic) bond motifs is 3. The lowest BCUT2D eigenvalue weighted by atomic mass is 9.98. The number of ether oxygens (including phenoxy) is 2.